The maximum atomic E-state index is 12.8. The van der Waals surface area contributed by atoms with Crippen molar-refractivity contribution in [3.05, 3.63) is 108 Å². The summed E-state index contributed by atoms with van der Waals surface area (Å²) >= 11 is 13.5. The number of amides is 2. The van der Waals surface area contributed by atoms with E-state index in [0.717, 1.165) is 22.2 Å². The Balaban J connectivity index is 1.48. The molecule has 1 aliphatic heterocycles. The number of nitro benzene ring substituents is 1. The lowest BCUT2D eigenvalue weighted by atomic mass is 10.1. The molecule has 1 fully saturated rings. The molecule has 10 heteroatoms. The highest BCUT2D eigenvalue weighted by molar-refractivity contribution is 8.18. The number of imide groups is 1. The molecule has 1 saturated heterocycles. The van der Waals surface area contributed by atoms with Crippen molar-refractivity contribution in [2.75, 3.05) is 0 Å². The molecule has 0 N–H and O–H groups in total. The normalized spacial score (nSPS) is 14.6. The van der Waals surface area contributed by atoms with Crippen LogP contribution in [0.4, 0.5) is 10.5 Å². The van der Waals surface area contributed by atoms with Crippen LogP contribution in [-0.4, -0.2) is 21.0 Å². The Kier molecular flexibility index (Phi) is 7.21. The van der Waals surface area contributed by atoms with Crippen LogP contribution in [0.2, 0.25) is 10.0 Å². The molecule has 0 unspecified atom stereocenters. The average molecular weight is 515 g/mol. The highest BCUT2D eigenvalue weighted by atomic mass is 35.5. The molecule has 1 heterocycles. The smallest absolute Gasteiger partial charge is 0.293 e. The fourth-order valence-electron chi connectivity index (χ4n) is 3.22. The van der Waals surface area contributed by atoms with Gasteiger partial charge in [0.15, 0.2) is 5.75 Å². The highest BCUT2D eigenvalue weighted by Gasteiger charge is 2.35. The summed E-state index contributed by atoms with van der Waals surface area (Å²) in [5.41, 5.74) is 2.03. The lowest BCUT2D eigenvalue weighted by molar-refractivity contribution is -0.384. The largest absolute Gasteiger partial charge is 0.486 e. The van der Waals surface area contributed by atoms with Gasteiger partial charge < -0.3 is 4.74 Å². The summed E-state index contributed by atoms with van der Waals surface area (Å²) in [5.74, 6) is -0.138. The minimum absolute atomic E-state index is 0.00772. The molecule has 0 aliphatic carbocycles. The Hall–Kier alpha value is -3.33. The Labute approximate surface area is 209 Å². The standard InChI is InChI=1S/C24H16Cl2N2O5S/c25-19-10-17(11-20(26)22(19)33-14-16-4-2-1-3-5-16)12-21-23(29)27(24(30)34-21)13-15-6-8-18(9-7-15)28(31)32/h1-12H,13-14H2/b21-12-. The van der Waals surface area contributed by atoms with E-state index in [-0.39, 0.29) is 27.2 Å². The number of nitrogens with zero attached hydrogens (tertiary/aromatic N) is 2. The van der Waals surface area contributed by atoms with Crippen LogP contribution < -0.4 is 4.74 Å². The molecule has 0 spiro atoms. The average Bonchev–Trinajstić information content (AvgIpc) is 3.07. The van der Waals surface area contributed by atoms with Crippen molar-refractivity contribution in [3.63, 3.8) is 0 Å². The van der Waals surface area contributed by atoms with E-state index in [1.165, 1.54) is 24.3 Å². The van der Waals surface area contributed by atoms with Crippen LogP contribution in [0.25, 0.3) is 6.08 Å². The number of rotatable bonds is 7. The first-order valence-corrected chi connectivity index (χ1v) is 11.5. The molecule has 3 aromatic rings. The van der Waals surface area contributed by atoms with Gasteiger partial charge in [-0.25, -0.2) is 0 Å². The number of ether oxygens (including phenoxy) is 1. The van der Waals surface area contributed by atoms with E-state index in [9.17, 15) is 19.7 Å². The Morgan fingerprint density at radius 3 is 2.24 bits per heavy atom. The van der Waals surface area contributed by atoms with Gasteiger partial charge in [0.25, 0.3) is 16.8 Å². The Bertz CT molecular complexity index is 1270. The highest BCUT2D eigenvalue weighted by Crippen LogP contribution is 2.38. The van der Waals surface area contributed by atoms with Crippen LogP contribution in [0, 0.1) is 10.1 Å². The van der Waals surface area contributed by atoms with E-state index >= 15 is 0 Å². The summed E-state index contributed by atoms with van der Waals surface area (Å²) < 4.78 is 5.76. The quantitative estimate of drug-likeness (QED) is 0.197. The van der Waals surface area contributed by atoms with Gasteiger partial charge in [0.2, 0.25) is 0 Å². The van der Waals surface area contributed by atoms with Crippen molar-refractivity contribution in [2.45, 2.75) is 13.2 Å². The van der Waals surface area contributed by atoms with Crippen LogP contribution >= 0.6 is 35.0 Å². The minimum Gasteiger partial charge on any atom is -0.486 e. The third-order valence-electron chi connectivity index (χ3n) is 4.91. The second-order valence-electron chi connectivity index (χ2n) is 7.28. The number of thioether (sulfide) groups is 1. The molecule has 7 nitrogen and oxygen atoms in total. The van der Waals surface area contributed by atoms with Gasteiger partial charge in [-0.3, -0.25) is 24.6 Å². The molecule has 34 heavy (non-hydrogen) atoms. The molecular weight excluding hydrogens is 499 g/mol. The number of non-ortho nitro benzene ring substituents is 1. The molecule has 0 radical (unpaired) electrons. The number of nitro groups is 1. The molecule has 1 aliphatic rings. The summed E-state index contributed by atoms with van der Waals surface area (Å²) in [6.07, 6.45) is 1.54. The molecule has 0 atom stereocenters. The zero-order valence-corrected chi connectivity index (χ0v) is 19.8. The van der Waals surface area contributed by atoms with E-state index in [1.54, 1.807) is 18.2 Å². The molecule has 2 amide bonds. The van der Waals surface area contributed by atoms with Crippen LogP contribution in [-0.2, 0) is 17.9 Å². The maximum absolute atomic E-state index is 12.8. The van der Waals surface area contributed by atoms with E-state index in [2.05, 4.69) is 0 Å². The van der Waals surface area contributed by atoms with Crippen LogP contribution in [0.3, 0.4) is 0 Å². The van der Waals surface area contributed by atoms with Gasteiger partial charge in [0.1, 0.15) is 6.61 Å². The summed E-state index contributed by atoms with van der Waals surface area (Å²) in [4.78, 5) is 36.8. The SMILES string of the molecule is O=C1S/C(=C\c2cc(Cl)c(OCc3ccccc3)c(Cl)c2)C(=O)N1Cc1ccc([N+](=O)[O-])cc1. The van der Waals surface area contributed by atoms with Gasteiger partial charge in [-0.2, -0.15) is 0 Å². The lowest BCUT2D eigenvalue weighted by Gasteiger charge is -2.12. The van der Waals surface area contributed by atoms with E-state index < -0.39 is 16.1 Å². The summed E-state index contributed by atoms with van der Waals surface area (Å²) in [7, 11) is 0. The van der Waals surface area contributed by atoms with Crippen molar-refractivity contribution in [2.24, 2.45) is 0 Å². The number of hydrogen-bond donors (Lipinski definition) is 0. The molecule has 172 valence electrons. The predicted octanol–water partition coefficient (Wildman–Crippen LogP) is 6.72. The second-order valence-corrected chi connectivity index (χ2v) is 9.09. The maximum Gasteiger partial charge on any atom is 0.293 e. The van der Waals surface area contributed by atoms with Crippen molar-refractivity contribution >= 4 is 57.9 Å². The zero-order chi connectivity index (χ0) is 24.2. The summed E-state index contributed by atoms with van der Waals surface area (Å²) in [6, 6.07) is 18.5. The number of carbonyl (C=O) groups excluding carboxylic acids is 2. The fourth-order valence-corrected chi connectivity index (χ4v) is 4.68. The van der Waals surface area contributed by atoms with Gasteiger partial charge in [-0.15, -0.1) is 0 Å². The number of halogens is 2. The van der Waals surface area contributed by atoms with Gasteiger partial charge in [-0.05, 0) is 46.7 Å². The van der Waals surface area contributed by atoms with Gasteiger partial charge >= 0.3 is 0 Å². The second kappa shape index (κ2) is 10.3. The fraction of sp³-hybridized carbons (Fsp3) is 0.0833. The number of carbonyl (C=O) groups is 2. The topological polar surface area (TPSA) is 89.8 Å². The van der Waals surface area contributed by atoms with Crippen LogP contribution in [0.5, 0.6) is 5.75 Å². The minimum atomic E-state index is -0.513. The van der Waals surface area contributed by atoms with Gasteiger partial charge in [-0.1, -0.05) is 65.7 Å². The van der Waals surface area contributed by atoms with Crippen molar-refractivity contribution in [1.29, 1.82) is 0 Å². The molecular formula is C24H16Cl2N2O5S. The van der Waals surface area contributed by atoms with E-state index in [1.807, 2.05) is 30.3 Å². The van der Waals surface area contributed by atoms with Crippen LogP contribution in [0.1, 0.15) is 16.7 Å². The van der Waals surface area contributed by atoms with Crippen molar-refractivity contribution < 1.29 is 19.2 Å². The van der Waals surface area contributed by atoms with Gasteiger partial charge in [0.05, 0.1) is 26.4 Å². The van der Waals surface area contributed by atoms with Crippen molar-refractivity contribution in [3.8, 4) is 5.75 Å². The summed E-state index contributed by atoms with van der Waals surface area (Å²) in [6.45, 7) is 0.301. The van der Waals surface area contributed by atoms with E-state index in [0.29, 0.717) is 23.5 Å². The molecule has 0 aromatic heterocycles. The first-order valence-electron chi connectivity index (χ1n) is 9.96. The van der Waals surface area contributed by atoms with Crippen LogP contribution in [0.15, 0.2) is 71.6 Å². The van der Waals surface area contributed by atoms with Crippen molar-refractivity contribution in [1.82, 2.24) is 4.90 Å². The molecule has 0 saturated carbocycles. The lowest BCUT2D eigenvalue weighted by Crippen LogP contribution is -2.27. The molecule has 3 aromatic carbocycles. The molecule has 0 bridgehead atoms. The third-order valence-corrected chi connectivity index (χ3v) is 6.37. The Morgan fingerprint density at radius 2 is 1.62 bits per heavy atom. The monoisotopic (exact) mass is 514 g/mol. The number of hydrogen-bond acceptors (Lipinski definition) is 6. The van der Waals surface area contributed by atoms with E-state index in [4.69, 9.17) is 27.9 Å². The summed E-state index contributed by atoms with van der Waals surface area (Å²) in [5, 5.41) is 10.9. The first kappa shape index (κ1) is 23.8. The first-order chi connectivity index (χ1) is 16.3. The molecule has 4 rings (SSSR count). The number of benzene rings is 3. The Morgan fingerprint density at radius 1 is 0.971 bits per heavy atom. The van der Waals surface area contributed by atoms with Gasteiger partial charge in [0, 0.05) is 12.1 Å². The predicted molar refractivity (Wildman–Crippen MR) is 132 cm³/mol. The zero-order valence-electron chi connectivity index (χ0n) is 17.4. The third kappa shape index (κ3) is 5.41.